The maximum atomic E-state index is 6.02. The van der Waals surface area contributed by atoms with Crippen molar-refractivity contribution in [3.05, 3.63) is 22.8 Å². The van der Waals surface area contributed by atoms with Crippen molar-refractivity contribution in [2.75, 3.05) is 19.5 Å². The third-order valence-corrected chi connectivity index (χ3v) is 4.92. The van der Waals surface area contributed by atoms with Crippen molar-refractivity contribution in [2.45, 2.75) is 64.4 Å². The Hall–Kier alpha value is -1.15. The monoisotopic (exact) mass is 381 g/mol. The van der Waals surface area contributed by atoms with Gasteiger partial charge in [-0.15, -0.1) is 11.8 Å². The molecule has 0 amide bonds. The molecule has 2 aliphatic heterocycles. The van der Waals surface area contributed by atoms with E-state index in [0.717, 1.165) is 43.6 Å². The van der Waals surface area contributed by atoms with E-state index < -0.39 is 0 Å². The topological polar surface area (TPSA) is 78.4 Å². The molecule has 0 aromatic carbocycles. The minimum atomic E-state index is -0.0554. The fourth-order valence-electron chi connectivity index (χ4n) is 2.87. The first-order valence-corrected chi connectivity index (χ1v) is 10.5. The molecular formula is C19H31N3O3S. The summed E-state index contributed by atoms with van der Waals surface area (Å²) in [7, 11) is 0. The fraction of sp³-hybridized carbons (Fsp3) is 0.684. The number of ether oxygens (including phenoxy) is 3. The zero-order valence-electron chi connectivity index (χ0n) is 16.0. The standard InChI is InChI=1S/C19H31N3O3S/c1-14(12-26-3)19(20)22-13-21-15(2)10-16-7-8-17(25-16)11-24-18-6-4-5-9-23-18/h10,12-13,16-18H,4-9,11H2,1-3H3,(H2,20,21,22)/b14-12+,15-10-/t16-,17?,18?/m1/s1. The van der Waals surface area contributed by atoms with E-state index in [4.69, 9.17) is 19.9 Å². The smallest absolute Gasteiger partial charge is 0.157 e. The van der Waals surface area contributed by atoms with Crippen LogP contribution in [0.1, 0.15) is 46.0 Å². The van der Waals surface area contributed by atoms with E-state index >= 15 is 0 Å². The van der Waals surface area contributed by atoms with Crippen molar-refractivity contribution in [3.8, 4) is 0 Å². The number of amidine groups is 1. The van der Waals surface area contributed by atoms with Crippen LogP contribution in [0.3, 0.4) is 0 Å². The van der Waals surface area contributed by atoms with Gasteiger partial charge in [-0.2, -0.15) is 0 Å². The molecule has 0 aromatic rings. The molecule has 2 rings (SSSR count). The van der Waals surface area contributed by atoms with Crippen molar-refractivity contribution in [1.82, 2.24) is 0 Å². The molecule has 2 aliphatic rings. The lowest BCUT2D eigenvalue weighted by atomic mass is 10.2. The molecular weight excluding hydrogens is 350 g/mol. The molecule has 0 radical (unpaired) electrons. The van der Waals surface area contributed by atoms with Crippen molar-refractivity contribution < 1.29 is 14.2 Å². The van der Waals surface area contributed by atoms with E-state index in [1.165, 1.54) is 12.8 Å². The predicted octanol–water partition coefficient (Wildman–Crippen LogP) is 3.63. The van der Waals surface area contributed by atoms with Gasteiger partial charge < -0.3 is 19.9 Å². The average Bonchev–Trinajstić information content (AvgIpc) is 3.08. The third-order valence-electron chi connectivity index (χ3n) is 4.33. The van der Waals surface area contributed by atoms with Gasteiger partial charge in [0.05, 0.1) is 18.8 Å². The molecule has 2 fully saturated rings. The zero-order chi connectivity index (χ0) is 18.8. The molecule has 6 nitrogen and oxygen atoms in total. The van der Waals surface area contributed by atoms with Crippen molar-refractivity contribution in [2.24, 2.45) is 15.7 Å². The average molecular weight is 382 g/mol. The highest BCUT2D eigenvalue weighted by molar-refractivity contribution is 8.01. The van der Waals surface area contributed by atoms with E-state index in [-0.39, 0.29) is 18.5 Å². The number of hydrogen-bond donors (Lipinski definition) is 1. The summed E-state index contributed by atoms with van der Waals surface area (Å²) in [6, 6.07) is 0. The first kappa shape index (κ1) is 21.2. The Kier molecular flexibility index (Phi) is 9.39. The van der Waals surface area contributed by atoms with E-state index in [1.807, 2.05) is 31.6 Å². The molecule has 0 aromatic heterocycles. The molecule has 2 unspecified atom stereocenters. The minimum Gasteiger partial charge on any atom is -0.383 e. The normalized spacial score (nSPS) is 28.9. The number of nitrogens with zero attached hydrogens (tertiary/aromatic N) is 2. The maximum absolute atomic E-state index is 6.02. The molecule has 0 spiro atoms. The number of thioether (sulfide) groups is 1. The highest BCUT2D eigenvalue weighted by atomic mass is 32.2. The van der Waals surface area contributed by atoms with Crippen LogP contribution in [0, 0.1) is 0 Å². The molecule has 0 saturated carbocycles. The number of rotatable bonds is 8. The number of hydrogen-bond acceptors (Lipinski definition) is 5. The Morgan fingerprint density at radius 1 is 1.27 bits per heavy atom. The zero-order valence-corrected chi connectivity index (χ0v) is 16.8. The van der Waals surface area contributed by atoms with Crippen LogP contribution in [0.5, 0.6) is 0 Å². The summed E-state index contributed by atoms with van der Waals surface area (Å²) in [5.41, 5.74) is 7.68. The van der Waals surface area contributed by atoms with E-state index in [0.29, 0.717) is 12.4 Å². The highest BCUT2D eigenvalue weighted by Crippen LogP contribution is 2.23. The van der Waals surface area contributed by atoms with Gasteiger partial charge in [0.1, 0.15) is 12.2 Å². The van der Waals surface area contributed by atoms with Crippen LogP contribution in [0.2, 0.25) is 0 Å². The first-order chi connectivity index (χ1) is 12.6. The molecule has 0 bridgehead atoms. The Morgan fingerprint density at radius 3 is 2.85 bits per heavy atom. The second-order valence-electron chi connectivity index (χ2n) is 6.61. The van der Waals surface area contributed by atoms with Crippen LogP contribution in [0.4, 0.5) is 0 Å². The van der Waals surface area contributed by atoms with Crippen LogP contribution in [0.25, 0.3) is 0 Å². The molecule has 2 heterocycles. The molecule has 26 heavy (non-hydrogen) atoms. The summed E-state index contributed by atoms with van der Waals surface area (Å²) in [6.45, 7) is 5.27. The van der Waals surface area contributed by atoms with E-state index in [9.17, 15) is 0 Å². The molecule has 2 saturated heterocycles. The summed E-state index contributed by atoms with van der Waals surface area (Å²) in [5, 5.41) is 1.96. The number of allylic oxidation sites excluding steroid dienone is 1. The van der Waals surface area contributed by atoms with Crippen LogP contribution in [0.15, 0.2) is 32.7 Å². The Balaban J connectivity index is 1.74. The molecule has 2 N–H and O–H groups in total. The summed E-state index contributed by atoms with van der Waals surface area (Å²) >= 11 is 1.60. The lowest BCUT2D eigenvalue weighted by Gasteiger charge is -2.24. The van der Waals surface area contributed by atoms with Crippen molar-refractivity contribution in [3.63, 3.8) is 0 Å². The summed E-state index contributed by atoms with van der Waals surface area (Å²) in [5.74, 6) is 0.482. The van der Waals surface area contributed by atoms with Crippen molar-refractivity contribution in [1.29, 1.82) is 0 Å². The fourth-order valence-corrected chi connectivity index (χ4v) is 3.34. The van der Waals surface area contributed by atoms with Crippen LogP contribution in [-0.2, 0) is 14.2 Å². The highest BCUT2D eigenvalue weighted by Gasteiger charge is 2.25. The minimum absolute atomic E-state index is 0.0554. The summed E-state index contributed by atoms with van der Waals surface area (Å²) in [4.78, 5) is 8.48. The van der Waals surface area contributed by atoms with Gasteiger partial charge in [0, 0.05) is 12.3 Å². The summed E-state index contributed by atoms with van der Waals surface area (Å²) in [6.07, 6.45) is 10.9. The quantitative estimate of drug-likeness (QED) is 0.513. The van der Waals surface area contributed by atoms with Gasteiger partial charge in [0.25, 0.3) is 0 Å². The molecule has 0 aliphatic carbocycles. The molecule has 146 valence electrons. The van der Waals surface area contributed by atoms with Gasteiger partial charge in [-0.25, -0.2) is 9.98 Å². The van der Waals surface area contributed by atoms with Crippen LogP contribution < -0.4 is 5.73 Å². The molecule has 7 heteroatoms. The van der Waals surface area contributed by atoms with E-state index in [2.05, 4.69) is 9.98 Å². The number of nitrogens with two attached hydrogens (primary N) is 1. The third kappa shape index (κ3) is 7.61. The van der Waals surface area contributed by atoms with Gasteiger partial charge in [-0.3, -0.25) is 0 Å². The maximum Gasteiger partial charge on any atom is 0.157 e. The van der Waals surface area contributed by atoms with Gasteiger partial charge in [0.2, 0.25) is 0 Å². The van der Waals surface area contributed by atoms with Gasteiger partial charge in [-0.05, 0) is 69.3 Å². The van der Waals surface area contributed by atoms with Crippen LogP contribution in [-0.4, -0.2) is 50.1 Å². The lowest BCUT2D eigenvalue weighted by Crippen LogP contribution is -2.27. The molecule has 3 atom stereocenters. The second-order valence-corrected chi connectivity index (χ2v) is 7.31. The SMILES string of the molecule is CS/C=C(\C)C(N)=NC=N/C(C)=C\[C@H]1CCC(COC2CCCCO2)O1. The largest absolute Gasteiger partial charge is 0.383 e. The Labute approximate surface area is 161 Å². The second kappa shape index (κ2) is 11.5. The lowest BCUT2D eigenvalue weighted by molar-refractivity contribution is -0.177. The van der Waals surface area contributed by atoms with Crippen molar-refractivity contribution >= 4 is 23.9 Å². The first-order valence-electron chi connectivity index (χ1n) is 9.21. The predicted molar refractivity (Wildman–Crippen MR) is 109 cm³/mol. The Bertz CT molecular complexity index is 554. The number of aliphatic imine (C=N–C) groups is 2. The summed E-state index contributed by atoms with van der Waals surface area (Å²) < 4.78 is 17.4. The van der Waals surface area contributed by atoms with Gasteiger partial charge >= 0.3 is 0 Å². The van der Waals surface area contributed by atoms with E-state index in [1.54, 1.807) is 11.8 Å². The van der Waals surface area contributed by atoms with Gasteiger partial charge in [-0.1, -0.05) is 0 Å². The Morgan fingerprint density at radius 2 is 2.12 bits per heavy atom. The van der Waals surface area contributed by atoms with Crippen LogP contribution >= 0.6 is 11.8 Å². The van der Waals surface area contributed by atoms with Gasteiger partial charge in [0.15, 0.2) is 6.29 Å².